The van der Waals surface area contributed by atoms with Crippen molar-refractivity contribution in [2.75, 3.05) is 14.1 Å². The highest BCUT2D eigenvalue weighted by Gasteiger charge is 2.14. The van der Waals surface area contributed by atoms with Crippen LogP contribution in [0.3, 0.4) is 0 Å². The summed E-state index contributed by atoms with van der Waals surface area (Å²) in [7, 11) is 3.46. The van der Waals surface area contributed by atoms with Gasteiger partial charge in [0.25, 0.3) is 5.91 Å². The molecule has 3 rings (SSSR count). The van der Waals surface area contributed by atoms with E-state index in [0.717, 1.165) is 22.0 Å². The van der Waals surface area contributed by atoms with Crippen molar-refractivity contribution in [2.24, 2.45) is 0 Å². The molecular formula is C17H15FN2O. The molecule has 1 aromatic heterocycles. The van der Waals surface area contributed by atoms with Crippen molar-refractivity contribution in [2.45, 2.75) is 0 Å². The minimum absolute atomic E-state index is 0.0317. The number of carbonyl (C=O) groups is 1. The number of aromatic amines is 1. The van der Waals surface area contributed by atoms with Gasteiger partial charge in [-0.1, -0.05) is 24.3 Å². The third kappa shape index (κ3) is 2.40. The van der Waals surface area contributed by atoms with Crippen molar-refractivity contribution in [3.8, 4) is 11.1 Å². The summed E-state index contributed by atoms with van der Waals surface area (Å²) in [5.74, 6) is -0.283. The average Bonchev–Trinajstić information content (AvgIpc) is 2.90. The molecule has 1 heterocycles. The third-order valence-corrected chi connectivity index (χ3v) is 3.50. The van der Waals surface area contributed by atoms with Gasteiger partial charge in [-0.3, -0.25) is 4.79 Å². The summed E-state index contributed by atoms with van der Waals surface area (Å²) >= 11 is 0. The molecule has 0 bridgehead atoms. The fraction of sp³-hybridized carbons (Fsp3) is 0.118. The van der Waals surface area contributed by atoms with Crippen molar-refractivity contribution >= 4 is 16.8 Å². The van der Waals surface area contributed by atoms with Gasteiger partial charge in [-0.2, -0.15) is 0 Å². The van der Waals surface area contributed by atoms with E-state index in [1.807, 2.05) is 18.2 Å². The van der Waals surface area contributed by atoms with E-state index < -0.39 is 0 Å². The standard InChI is InChI=1S/C17H15FN2O/c1-20(2)17(21)15-10-19-16-9-12(5-8-14(15)16)11-3-6-13(18)7-4-11/h3-10,19H,1-2H3. The Kier molecular flexibility index (Phi) is 3.22. The van der Waals surface area contributed by atoms with Crippen LogP contribution in [-0.4, -0.2) is 29.9 Å². The lowest BCUT2D eigenvalue weighted by Gasteiger charge is -2.09. The first kappa shape index (κ1) is 13.4. The molecule has 0 unspecified atom stereocenters. The Balaban J connectivity index is 2.06. The first-order valence-corrected chi connectivity index (χ1v) is 6.65. The second kappa shape index (κ2) is 5.05. The molecule has 0 saturated heterocycles. The van der Waals surface area contributed by atoms with Crippen LogP contribution in [0.2, 0.25) is 0 Å². The van der Waals surface area contributed by atoms with Gasteiger partial charge >= 0.3 is 0 Å². The van der Waals surface area contributed by atoms with Crippen molar-refractivity contribution in [1.29, 1.82) is 0 Å². The molecule has 0 atom stereocenters. The first-order chi connectivity index (χ1) is 10.1. The van der Waals surface area contributed by atoms with E-state index in [9.17, 15) is 9.18 Å². The van der Waals surface area contributed by atoms with Crippen LogP contribution in [0.15, 0.2) is 48.7 Å². The number of hydrogen-bond donors (Lipinski definition) is 1. The lowest BCUT2D eigenvalue weighted by atomic mass is 10.0. The topological polar surface area (TPSA) is 36.1 Å². The molecule has 0 saturated carbocycles. The number of H-pyrrole nitrogens is 1. The van der Waals surface area contributed by atoms with Crippen molar-refractivity contribution < 1.29 is 9.18 Å². The number of benzene rings is 2. The SMILES string of the molecule is CN(C)C(=O)c1c[nH]c2cc(-c3ccc(F)cc3)ccc12. The summed E-state index contributed by atoms with van der Waals surface area (Å²) in [6.07, 6.45) is 1.72. The van der Waals surface area contributed by atoms with E-state index >= 15 is 0 Å². The normalized spacial score (nSPS) is 10.8. The van der Waals surface area contributed by atoms with Crippen LogP contribution in [0.5, 0.6) is 0 Å². The smallest absolute Gasteiger partial charge is 0.255 e. The number of fused-ring (bicyclic) bond motifs is 1. The Bertz CT molecular complexity index is 803. The van der Waals surface area contributed by atoms with Crippen LogP contribution in [0.25, 0.3) is 22.0 Å². The largest absolute Gasteiger partial charge is 0.360 e. The minimum Gasteiger partial charge on any atom is -0.360 e. The van der Waals surface area contributed by atoms with Gasteiger partial charge in [0, 0.05) is 31.2 Å². The van der Waals surface area contributed by atoms with Crippen LogP contribution in [-0.2, 0) is 0 Å². The lowest BCUT2D eigenvalue weighted by Crippen LogP contribution is -2.21. The number of hydrogen-bond acceptors (Lipinski definition) is 1. The zero-order valence-electron chi connectivity index (χ0n) is 11.9. The molecule has 3 nitrogen and oxygen atoms in total. The van der Waals surface area contributed by atoms with Gasteiger partial charge in [-0.15, -0.1) is 0 Å². The Hall–Kier alpha value is -2.62. The predicted molar refractivity (Wildman–Crippen MR) is 81.7 cm³/mol. The second-order valence-electron chi connectivity index (χ2n) is 5.17. The Labute approximate surface area is 122 Å². The predicted octanol–water partition coefficient (Wildman–Crippen LogP) is 3.68. The van der Waals surface area contributed by atoms with Crippen LogP contribution < -0.4 is 0 Å². The maximum atomic E-state index is 13.0. The summed E-state index contributed by atoms with van der Waals surface area (Å²) in [6.45, 7) is 0. The van der Waals surface area contributed by atoms with Crippen molar-refractivity contribution in [3.05, 3.63) is 60.0 Å². The number of aromatic nitrogens is 1. The van der Waals surface area contributed by atoms with Crippen LogP contribution >= 0.6 is 0 Å². The molecule has 1 amide bonds. The summed E-state index contributed by atoms with van der Waals surface area (Å²) in [6, 6.07) is 12.2. The fourth-order valence-corrected chi connectivity index (χ4v) is 2.37. The molecular weight excluding hydrogens is 267 g/mol. The van der Waals surface area contributed by atoms with Crippen molar-refractivity contribution in [1.82, 2.24) is 9.88 Å². The monoisotopic (exact) mass is 282 g/mol. The van der Waals surface area contributed by atoms with E-state index in [-0.39, 0.29) is 11.7 Å². The number of halogens is 1. The molecule has 21 heavy (non-hydrogen) atoms. The maximum Gasteiger partial charge on any atom is 0.255 e. The van der Waals surface area contributed by atoms with Gasteiger partial charge < -0.3 is 9.88 Å². The second-order valence-corrected chi connectivity index (χ2v) is 5.17. The van der Waals surface area contributed by atoms with Gasteiger partial charge in [-0.05, 0) is 29.3 Å². The number of carbonyl (C=O) groups excluding carboxylic acids is 1. The Morgan fingerprint density at radius 3 is 2.38 bits per heavy atom. The van der Waals surface area contributed by atoms with E-state index in [4.69, 9.17) is 0 Å². The molecule has 0 spiro atoms. The summed E-state index contributed by atoms with van der Waals surface area (Å²) in [4.78, 5) is 16.8. The molecule has 0 radical (unpaired) electrons. The zero-order valence-corrected chi connectivity index (χ0v) is 11.9. The van der Waals surface area contributed by atoms with Crippen LogP contribution in [0.4, 0.5) is 4.39 Å². The van der Waals surface area contributed by atoms with Gasteiger partial charge in [0.2, 0.25) is 0 Å². The van der Waals surface area contributed by atoms with Gasteiger partial charge in [0.15, 0.2) is 0 Å². The minimum atomic E-state index is -0.251. The number of nitrogens with one attached hydrogen (secondary N) is 1. The van der Waals surface area contributed by atoms with Gasteiger partial charge in [-0.25, -0.2) is 4.39 Å². The molecule has 106 valence electrons. The number of amides is 1. The average molecular weight is 282 g/mol. The van der Waals surface area contributed by atoms with Gasteiger partial charge in [0.05, 0.1) is 5.56 Å². The quantitative estimate of drug-likeness (QED) is 0.764. The Morgan fingerprint density at radius 1 is 1.05 bits per heavy atom. The molecule has 3 aromatic rings. The van der Waals surface area contributed by atoms with E-state index in [1.165, 1.54) is 12.1 Å². The molecule has 0 fully saturated rings. The number of rotatable bonds is 2. The molecule has 1 N–H and O–H groups in total. The highest BCUT2D eigenvalue weighted by Crippen LogP contribution is 2.26. The highest BCUT2D eigenvalue weighted by atomic mass is 19.1. The van der Waals surface area contributed by atoms with E-state index in [0.29, 0.717) is 5.56 Å². The molecule has 0 aliphatic rings. The van der Waals surface area contributed by atoms with E-state index in [2.05, 4.69) is 4.98 Å². The van der Waals surface area contributed by atoms with Gasteiger partial charge in [0.1, 0.15) is 5.82 Å². The fourth-order valence-electron chi connectivity index (χ4n) is 2.37. The third-order valence-electron chi connectivity index (χ3n) is 3.50. The van der Waals surface area contributed by atoms with E-state index in [1.54, 1.807) is 37.3 Å². The highest BCUT2D eigenvalue weighted by molar-refractivity contribution is 6.07. The van der Waals surface area contributed by atoms with Crippen LogP contribution in [0, 0.1) is 5.82 Å². The zero-order chi connectivity index (χ0) is 15.0. The first-order valence-electron chi connectivity index (χ1n) is 6.65. The van der Waals surface area contributed by atoms with Crippen molar-refractivity contribution in [3.63, 3.8) is 0 Å². The van der Waals surface area contributed by atoms with Crippen LogP contribution in [0.1, 0.15) is 10.4 Å². The maximum absolute atomic E-state index is 13.0. The molecule has 4 heteroatoms. The summed E-state index contributed by atoms with van der Waals surface area (Å²) in [5, 5.41) is 0.888. The summed E-state index contributed by atoms with van der Waals surface area (Å²) < 4.78 is 13.0. The number of nitrogens with zero attached hydrogens (tertiary/aromatic N) is 1. The lowest BCUT2D eigenvalue weighted by molar-refractivity contribution is 0.0829. The molecule has 0 aliphatic heterocycles. The Morgan fingerprint density at radius 2 is 1.71 bits per heavy atom. The molecule has 2 aromatic carbocycles. The summed E-state index contributed by atoms with van der Waals surface area (Å²) in [5.41, 5.74) is 3.46. The molecule has 0 aliphatic carbocycles.